The van der Waals surface area contributed by atoms with Crippen molar-refractivity contribution < 1.29 is 15.0 Å². The molecule has 0 spiro atoms. The van der Waals surface area contributed by atoms with Gasteiger partial charge in [-0.3, -0.25) is 4.79 Å². The van der Waals surface area contributed by atoms with E-state index >= 15 is 0 Å². The number of carboxylic acids is 1. The molecule has 0 saturated heterocycles. The first kappa shape index (κ1) is 27.6. The van der Waals surface area contributed by atoms with Gasteiger partial charge in [0, 0.05) is 6.61 Å². The van der Waals surface area contributed by atoms with E-state index in [0.717, 1.165) is 12.0 Å². The Morgan fingerprint density at radius 3 is 1.38 bits per heavy atom. The molecular weight excluding hydrogens is 360 g/mol. The number of benzene rings is 1. The number of aliphatic hydroxyl groups excluding tert-OH is 1. The predicted molar refractivity (Wildman–Crippen MR) is 124 cm³/mol. The number of hydrogen-bond donors (Lipinski definition) is 2. The summed E-state index contributed by atoms with van der Waals surface area (Å²) < 4.78 is 0. The largest absolute Gasteiger partial charge is 0.481 e. The van der Waals surface area contributed by atoms with Crippen LogP contribution in [0.3, 0.4) is 0 Å². The molecule has 168 valence electrons. The highest BCUT2D eigenvalue weighted by Gasteiger charge is 1.96. The summed E-state index contributed by atoms with van der Waals surface area (Å²) in [6.07, 6.45) is 22.3. The van der Waals surface area contributed by atoms with Crippen LogP contribution in [-0.2, 0) is 11.2 Å². The van der Waals surface area contributed by atoms with Crippen molar-refractivity contribution in [2.24, 2.45) is 0 Å². The molecule has 1 aromatic rings. The van der Waals surface area contributed by atoms with E-state index in [-0.39, 0.29) is 6.42 Å². The number of aliphatic hydroxyl groups is 1. The van der Waals surface area contributed by atoms with Crippen LogP contribution in [0.2, 0.25) is 0 Å². The van der Waals surface area contributed by atoms with Crippen molar-refractivity contribution in [2.45, 2.75) is 116 Å². The first-order valence-electron chi connectivity index (χ1n) is 12.1. The van der Waals surface area contributed by atoms with E-state index in [4.69, 9.17) is 10.2 Å². The van der Waals surface area contributed by atoms with Gasteiger partial charge in [-0.1, -0.05) is 134 Å². The van der Waals surface area contributed by atoms with Gasteiger partial charge in [0.1, 0.15) is 0 Å². The molecule has 0 bridgehead atoms. The molecule has 0 radical (unpaired) electrons. The third-order valence-corrected chi connectivity index (χ3v) is 5.21. The molecular formula is C26H46O3. The number of carboxylic acid groups (broad SMARTS) is 1. The van der Waals surface area contributed by atoms with Crippen LogP contribution in [0, 0.1) is 0 Å². The predicted octanol–water partition coefficient (Wildman–Crippen LogP) is 7.55. The minimum atomic E-state index is -0.786. The van der Waals surface area contributed by atoms with Gasteiger partial charge < -0.3 is 10.2 Å². The molecule has 1 aromatic carbocycles. The minimum absolute atomic E-state index is 0.112. The van der Waals surface area contributed by atoms with Crippen LogP contribution in [0.15, 0.2) is 30.3 Å². The van der Waals surface area contributed by atoms with Crippen LogP contribution in [-0.4, -0.2) is 22.8 Å². The molecule has 0 atom stereocenters. The Morgan fingerprint density at radius 2 is 1.03 bits per heavy atom. The SMILES string of the molecule is CCCCCCCCCCCCCCCCCCO.O=C(O)Cc1ccccc1. The zero-order chi connectivity index (χ0) is 21.4. The summed E-state index contributed by atoms with van der Waals surface area (Å²) in [5, 5.41) is 17.0. The second-order valence-corrected chi connectivity index (χ2v) is 8.08. The van der Waals surface area contributed by atoms with Gasteiger partial charge in [0.05, 0.1) is 6.42 Å². The smallest absolute Gasteiger partial charge is 0.307 e. The highest BCUT2D eigenvalue weighted by atomic mass is 16.4. The van der Waals surface area contributed by atoms with Gasteiger partial charge >= 0.3 is 5.97 Å². The maximum atomic E-state index is 10.2. The molecule has 1 rings (SSSR count). The third kappa shape index (κ3) is 22.8. The van der Waals surface area contributed by atoms with Gasteiger partial charge in [-0.25, -0.2) is 0 Å². The Bertz CT molecular complexity index is 429. The summed E-state index contributed by atoms with van der Waals surface area (Å²) in [5.41, 5.74) is 0.843. The van der Waals surface area contributed by atoms with E-state index < -0.39 is 5.97 Å². The lowest BCUT2D eigenvalue weighted by molar-refractivity contribution is -0.136. The van der Waals surface area contributed by atoms with Crippen molar-refractivity contribution in [1.82, 2.24) is 0 Å². The number of hydrogen-bond acceptors (Lipinski definition) is 2. The fourth-order valence-electron chi connectivity index (χ4n) is 3.43. The normalized spacial score (nSPS) is 10.4. The molecule has 0 amide bonds. The molecule has 3 heteroatoms. The van der Waals surface area contributed by atoms with E-state index in [1.165, 1.54) is 96.3 Å². The lowest BCUT2D eigenvalue weighted by atomic mass is 10.0. The zero-order valence-corrected chi connectivity index (χ0v) is 18.9. The molecule has 0 fully saturated rings. The van der Waals surface area contributed by atoms with Gasteiger partial charge in [-0.05, 0) is 12.0 Å². The van der Waals surface area contributed by atoms with E-state index in [9.17, 15) is 4.79 Å². The van der Waals surface area contributed by atoms with Crippen molar-refractivity contribution in [2.75, 3.05) is 6.61 Å². The average Bonchev–Trinajstić information content (AvgIpc) is 2.72. The molecule has 0 aromatic heterocycles. The molecule has 2 N–H and O–H groups in total. The summed E-state index contributed by atoms with van der Waals surface area (Å²) in [6, 6.07) is 9.13. The number of aliphatic carboxylic acids is 1. The number of unbranched alkanes of at least 4 members (excludes halogenated alkanes) is 15. The molecule has 0 aliphatic heterocycles. The number of rotatable bonds is 18. The van der Waals surface area contributed by atoms with Crippen molar-refractivity contribution in [3.05, 3.63) is 35.9 Å². The van der Waals surface area contributed by atoms with E-state index in [2.05, 4.69) is 6.92 Å². The molecule has 3 nitrogen and oxygen atoms in total. The van der Waals surface area contributed by atoms with Crippen LogP contribution in [0.1, 0.15) is 115 Å². The minimum Gasteiger partial charge on any atom is -0.481 e. The fourth-order valence-corrected chi connectivity index (χ4v) is 3.43. The van der Waals surface area contributed by atoms with Crippen LogP contribution >= 0.6 is 0 Å². The lowest BCUT2D eigenvalue weighted by Gasteiger charge is -2.03. The van der Waals surface area contributed by atoms with Crippen LogP contribution < -0.4 is 0 Å². The molecule has 0 aliphatic rings. The Balaban J connectivity index is 0.000000651. The van der Waals surface area contributed by atoms with Crippen molar-refractivity contribution in [3.63, 3.8) is 0 Å². The van der Waals surface area contributed by atoms with E-state index in [1.54, 1.807) is 12.1 Å². The highest BCUT2D eigenvalue weighted by Crippen LogP contribution is 2.13. The summed E-state index contributed by atoms with van der Waals surface area (Å²) in [6.45, 7) is 2.66. The summed E-state index contributed by atoms with van der Waals surface area (Å²) in [7, 11) is 0. The Morgan fingerprint density at radius 1 is 0.655 bits per heavy atom. The van der Waals surface area contributed by atoms with Crippen molar-refractivity contribution in [3.8, 4) is 0 Å². The molecule has 0 aliphatic carbocycles. The fraction of sp³-hybridized carbons (Fsp3) is 0.731. The van der Waals surface area contributed by atoms with Crippen LogP contribution in [0.25, 0.3) is 0 Å². The maximum absolute atomic E-state index is 10.2. The Hall–Kier alpha value is -1.35. The topological polar surface area (TPSA) is 57.5 Å². The van der Waals surface area contributed by atoms with Gasteiger partial charge in [-0.2, -0.15) is 0 Å². The summed E-state index contributed by atoms with van der Waals surface area (Å²) in [4.78, 5) is 10.2. The van der Waals surface area contributed by atoms with Crippen LogP contribution in [0.4, 0.5) is 0 Å². The summed E-state index contributed by atoms with van der Waals surface area (Å²) in [5.74, 6) is -0.786. The second-order valence-electron chi connectivity index (χ2n) is 8.08. The first-order valence-corrected chi connectivity index (χ1v) is 12.1. The van der Waals surface area contributed by atoms with Crippen molar-refractivity contribution in [1.29, 1.82) is 0 Å². The van der Waals surface area contributed by atoms with Gasteiger partial charge in [-0.15, -0.1) is 0 Å². The monoisotopic (exact) mass is 406 g/mol. The highest BCUT2D eigenvalue weighted by molar-refractivity contribution is 5.70. The number of carbonyl (C=O) groups is 1. The molecule has 0 unspecified atom stereocenters. The Kier molecular flexibility index (Phi) is 21.9. The zero-order valence-electron chi connectivity index (χ0n) is 18.9. The summed E-state index contributed by atoms with van der Waals surface area (Å²) >= 11 is 0. The Labute approximate surface area is 179 Å². The van der Waals surface area contributed by atoms with Crippen molar-refractivity contribution >= 4 is 5.97 Å². The van der Waals surface area contributed by atoms with Crippen LogP contribution in [0.5, 0.6) is 0 Å². The van der Waals surface area contributed by atoms with Gasteiger partial charge in [0.25, 0.3) is 0 Å². The second kappa shape index (κ2) is 22.9. The van der Waals surface area contributed by atoms with E-state index in [0.29, 0.717) is 6.61 Å². The molecule has 0 saturated carbocycles. The maximum Gasteiger partial charge on any atom is 0.307 e. The molecule has 29 heavy (non-hydrogen) atoms. The quantitative estimate of drug-likeness (QED) is 0.247. The lowest BCUT2D eigenvalue weighted by Crippen LogP contribution is -1.98. The average molecular weight is 407 g/mol. The third-order valence-electron chi connectivity index (χ3n) is 5.21. The van der Waals surface area contributed by atoms with Gasteiger partial charge in [0.2, 0.25) is 0 Å². The standard InChI is InChI=1S/C18H38O.C8H8O2/c1-2-3-4-5-6-7-8-9-10-11-12-13-14-15-16-17-18-19;9-8(10)6-7-4-2-1-3-5-7/h19H,2-18H2,1H3;1-5H,6H2,(H,9,10). The first-order chi connectivity index (χ1) is 14.2. The van der Waals surface area contributed by atoms with Gasteiger partial charge in [0.15, 0.2) is 0 Å². The van der Waals surface area contributed by atoms with E-state index in [1.807, 2.05) is 18.2 Å². The molecule has 0 heterocycles.